The van der Waals surface area contributed by atoms with Crippen LogP contribution in [0.25, 0.3) is 11.4 Å². The quantitative estimate of drug-likeness (QED) is 0.716. The Morgan fingerprint density at radius 3 is 2.76 bits per heavy atom. The number of benzene rings is 1. The third kappa shape index (κ3) is 3.29. The first-order chi connectivity index (χ1) is 12.2. The van der Waals surface area contributed by atoms with Gasteiger partial charge in [0.05, 0.1) is 5.69 Å². The topological polar surface area (TPSA) is 82.4 Å². The second-order valence-electron chi connectivity index (χ2n) is 6.18. The van der Waals surface area contributed by atoms with Gasteiger partial charge < -0.3 is 10.2 Å². The molecule has 1 aromatic carbocycles. The number of hydrogen-bond acceptors (Lipinski definition) is 6. The number of aromatic hydroxyl groups is 2. The molecule has 2 aromatic heterocycles. The van der Waals surface area contributed by atoms with Gasteiger partial charge in [-0.2, -0.15) is 0 Å². The number of aromatic nitrogens is 3. The van der Waals surface area contributed by atoms with Gasteiger partial charge in [0.1, 0.15) is 11.5 Å². The first-order valence-corrected chi connectivity index (χ1v) is 8.17. The molecule has 0 unspecified atom stereocenters. The monoisotopic (exact) mass is 334 g/mol. The summed E-state index contributed by atoms with van der Waals surface area (Å²) in [6, 6.07) is 8.42. The van der Waals surface area contributed by atoms with Gasteiger partial charge in [0.25, 0.3) is 0 Å². The van der Waals surface area contributed by atoms with Crippen LogP contribution < -0.4 is 0 Å². The van der Waals surface area contributed by atoms with Crippen LogP contribution in [0.3, 0.4) is 0 Å². The van der Waals surface area contributed by atoms with Crippen LogP contribution in [0.1, 0.15) is 16.8 Å². The van der Waals surface area contributed by atoms with Gasteiger partial charge in [0.15, 0.2) is 5.82 Å². The minimum absolute atomic E-state index is 0.163. The molecule has 126 valence electrons. The standard InChI is InChI=1S/C19H18N4O2/c24-16-1-2-18(25)14(9-16)11-23-8-5-17-15(12-23)10-21-19(22-17)13-3-6-20-7-4-13/h1-4,6-7,9-10,24-25H,5,8,11-12H2. The Morgan fingerprint density at radius 2 is 1.92 bits per heavy atom. The Bertz CT molecular complexity index is 899. The summed E-state index contributed by atoms with van der Waals surface area (Å²) in [4.78, 5) is 15.4. The summed E-state index contributed by atoms with van der Waals surface area (Å²) in [7, 11) is 0. The normalized spacial score (nSPS) is 14.2. The van der Waals surface area contributed by atoms with Gasteiger partial charge in [-0.25, -0.2) is 9.97 Å². The van der Waals surface area contributed by atoms with Gasteiger partial charge in [-0.05, 0) is 30.3 Å². The summed E-state index contributed by atoms with van der Waals surface area (Å²) in [5.41, 5.74) is 3.85. The fraction of sp³-hybridized carbons (Fsp3) is 0.211. The molecule has 0 bridgehead atoms. The van der Waals surface area contributed by atoms with Crippen LogP contribution in [0.4, 0.5) is 0 Å². The third-order valence-electron chi connectivity index (χ3n) is 4.41. The minimum Gasteiger partial charge on any atom is -0.508 e. The Labute approximate surface area is 145 Å². The molecule has 1 aliphatic heterocycles. The summed E-state index contributed by atoms with van der Waals surface area (Å²) in [5, 5.41) is 19.6. The molecule has 6 nitrogen and oxygen atoms in total. The van der Waals surface area contributed by atoms with Crippen molar-refractivity contribution >= 4 is 0 Å². The largest absolute Gasteiger partial charge is 0.508 e. The van der Waals surface area contributed by atoms with E-state index in [9.17, 15) is 10.2 Å². The number of rotatable bonds is 3. The van der Waals surface area contributed by atoms with Gasteiger partial charge in [0.2, 0.25) is 0 Å². The lowest BCUT2D eigenvalue weighted by atomic mass is 10.1. The summed E-state index contributed by atoms with van der Waals surface area (Å²) >= 11 is 0. The van der Waals surface area contributed by atoms with Gasteiger partial charge in [-0.15, -0.1) is 0 Å². The highest BCUT2D eigenvalue weighted by molar-refractivity contribution is 5.54. The van der Waals surface area contributed by atoms with Gasteiger partial charge in [-0.3, -0.25) is 9.88 Å². The number of pyridine rings is 1. The summed E-state index contributed by atoms with van der Waals surface area (Å²) in [5.74, 6) is 1.09. The summed E-state index contributed by atoms with van der Waals surface area (Å²) < 4.78 is 0. The van der Waals surface area contributed by atoms with Crippen molar-refractivity contribution in [1.82, 2.24) is 19.9 Å². The van der Waals surface area contributed by atoms with Gasteiger partial charge in [0, 0.05) is 61.3 Å². The third-order valence-corrected chi connectivity index (χ3v) is 4.41. The molecular formula is C19H18N4O2. The molecule has 0 atom stereocenters. The predicted octanol–water partition coefficient (Wildman–Crippen LogP) is 2.51. The number of fused-ring (bicyclic) bond motifs is 1. The van der Waals surface area contributed by atoms with E-state index < -0.39 is 0 Å². The summed E-state index contributed by atoms with van der Waals surface area (Å²) in [6.45, 7) is 2.14. The van der Waals surface area contributed by atoms with E-state index in [4.69, 9.17) is 4.98 Å². The van der Waals surface area contributed by atoms with Crippen LogP contribution in [0.15, 0.2) is 48.9 Å². The van der Waals surface area contributed by atoms with Gasteiger partial charge >= 0.3 is 0 Å². The molecule has 0 saturated heterocycles. The number of hydrogen-bond donors (Lipinski definition) is 2. The van der Waals surface area contributed by atoms with Crippen LogP contribution in [0.5, 0.6) is 11.5 Å². The van der Waals surface area contributed by atoms with Crippen molar-refractivity contribution < 1.29 is 10.2 Å². The number of phenols is 2. The van der Waals surface area contributed by atoms with Gasteiger partial charge in [-0.1, -0.05) is 0 Å². The van der Waals surface area contributed by atoms with Crippen LogP contribution in [0.2, 0.25) is 0 Å². The number of phenolic OH excluding ortho intramolecular Hbond substituents is 2. The molecule has 1 aliphatic rings. The number of nitrogens with zero attached hydrogens (tertiary/aromatic N) is 4. The molecule has 3 heterocycles. The maximum absolute atomic E-state index is 9.96. The average molecular weight is 334 g/mol. The van der Waals surface area contributed by atoms with Crippen molar-refractivity contribution in [3.63, 3.8) is 0 Å². The van der Waals surface area contributed by atoms with E-state index in [1.165, 1.54) is 12.1 Å². The molecule has 0 saturated carbocycles. The molecule has 4 rings (SSSR count). The molecule has 0 amide bonds. The highest BCUT2D eigenvalue weighted by Gasteiger charge is 2.20. The van der Waals surface area contributed by atoms with Crippen LogP contribution in [0, 0.1) is 0 Å². The van der Waals surface area contributed by atoms with Crippen molar-refractivity contribution in [3.8, 4) is 22.9 Å². The molecule has 2 N–H and O–H groups in total. The Hall–Kier alpha value is -2.99. The van der Waals surface area contributed by atoms with E-state index in [0.717, 1.165) is 47.7 Å². The van der Waals surface area contributed by atoms with E-state index in [1.807, 2.05) is 18.3 Å². The van der Waals surface area contributed by atoms with Crippen molar-refractivity contribution in [3.05, 3.63) is 65.7 Å². The molecule has 6 heteroatoms. The first kappa shape index (κ1) is 15.5. The van der Waals surface area contributed by atoms with Crippen molar-refractivity contribution in [1.29, 1.82) is 0 Å². The zero-order valence-electron chi connectivity index (χ0n) is 13.6. The minimum atomic E-state index is 0.163. The maximum atomic E-state index is 9.96. The molecule has 0 radical (unpaired) electrons. The fourth-order valence-corrected chi connectivity index (χ4v) is 3.09. The van der Waals surface area contributed by atoms with E-state index in [0.29, 0.717) is 6.54 Å². The van der Waals surface area contributed by atoms with E-state index >= 15 is 0 Å². The fourth-order valence-electron chi connectivity index (χ4n) is 3.09. The Kier molecular flexibility index (Phi) is 4.03. The molecule has 0 spiro atoms. The Morgan fingerprint density at radius 1 is 1.08 bits per heavy atom. The Balaban J connectivity index is 1.53. The maximum Gasteiger partial charge on any atom is 0.159 e. The van der Waals surface area contributed by atoms with E-state index in [1.54, 1.807) is 18.5 Å². The summed E-state index contributed by atoms with van der Waals surface area (Å²) in [6.07, 6.45) is 6.19. The molecule has 0 aliphatic carbocycles. The second-order valence-corrected chi connectivity index (χ2v) is 6.18. The van der Waals surface area contributed by atoms with Crippen molar-refractivity contribution in [2.24, 2.45) is 0 Å². The van der Waals surface area contributed by atoms with Crippen molar-refractivity contribution in [2.75, 3.05) is 6.54 Å². The lowest BCUT2D eigenvalue weighted by Gasteiger charge is -2.28. The van der Waals surface area contributed by atoms with E-state index in [-0.39, 0.29) is 11.5 Å². The molecule has 3 aromatic rings. The molecule has 0 fully saturated rings. The highest BCUT2D eigenvalue weighted by Crippen LogP contribution is 2.26. The lowest BCUT2D eigenvalue weighted by Crippen LogP contribution is -2.31. The molecular weight excluding hydrogens is 316 g/mol. The first-order valence-electron chi connectivity index (χ1n) is 8.17. The predicted molar refractivity (Wildman–Crippen MR) is 92.9 cm³/mol. The second kappa shape index (κ2) is 6.49. The zero-order chi connectivity index (χ0) is 17.2. The van der Waals surface area contributed by atoms with Crippen LogP contribution in [-0.4, -0.2) is 36.6 Å². The van der Waals surface area contributed by atoms with Crippen molar-refractivity contribution in [2.45, 2.75) is 19.5 Å². The SMILES string of the molecule is Oc1ccc(O)c(CN2CCc3nc(-c4ccncc4)ncc3C2)c1. The zero-order valence-corrected chi connectivity index (χ0v) is 13.6. The van der Waals surface area contributed by atoms with Crippen LogP contribution >= 0.6 is 0 Å². The average Bonchev–Trinajstić information content (AvgIpc) is 2.65. The van der Waals surface area contributed by atoms with Crippen LogP contribution in [-0.2, 0) is 19.5 Å². The van der Waals surface area contributed by atoms with E-state index in [2.05, 4.69) is 14.9 Å². The lowest BCUT2D eigenvalue weighted by molar-refractivity contribution is 0.239. The highest BCUT2D eigenvalue weighted by atomic mass is 16.3. The molecule has 25 heavy (non-hydrogen) atoms. The smallest absolute Gasteiger partial charge is 0.159 e.